The van der Waals surface area contributed by atoms with Crippen LogP contribution in [-0.2, 0) is 11.2 Å². The van der Waals surface area contributed by atoms with Crippen LogP contribution in [0.1, 0.15) is 30.3 Å². The first-order chi connectivity index (χ1) is 9.67. The highest BCUT2D eigenvalue weighted by molar-refractivity contribution is 5.94. The standard InChI is InChI=1S/C13H17NO3/c15-7-1-2-8-17-11-5-3-10-4-6-13(16)14-12(10)9-11/h3,5,9,15H,1-2,4,6-8H2,(H,14,16)/i4D2,7D2. The molecule has 4 nitrogen and oxygen atoms in total. The first kappa shape index (κ1) is 7.71. The van der Waals surface area contributed by atoms with Crippen LogP contribution in [0.2, 0.25) is 0 Å². The second kappa shape index (κ2) is 5.68. The summed E-state index contributed by atoms with van der Waals surface area (Å²) in [5.41, 5.74) is 0.812. The molecule has 1 aliphatic heterocycles. The highest BCUT2D eigenvalue weighted by atomic mass is 16.5. The quantitative estimate of drug-likeness (QED) is 0.769. The molecule has 0 aromatic heterocycles. The molecule has 0 fully saturated rings. The molecule has 0 unspecified atom stereocenters. The Bertz CT molecular complexity index is 543. The third kappa shape index (κ3) is 3.20. The molecule has 0 spiro atoms. The molecule has 1 amide bonds. The van der Waals surface area contributed by atoms with Gasteiger partial charge in [-0.3, -0.25) is 4.79 Å². The Morgan fingerprint density at radius 1 is 1.53 bits per heavy atom. The molecule has 2 N–H and O–H groups in total. The van der Waals surface area contributed by atoms with E-state index in [4.69, 9.17) is 15.3 Å². The number of amides is 1. The fraction of sp³-hybridized carbons (Fsp3) is 0.462. The van der Waals surface area contributed by atoms with E-state index in [1.807, 2.05) is 0 Å². The number of nitrogens with one attached hydrogen (secondary N) is 1. The fourth-order valence-corrected chi connectivity index (χ4v) is 1.58. The Morgan fingerprint density at radius 3 is 3.24 bits per heavy atom. The Kier molecular flexibility index (Phi) is 2.58. The summed E-state index contributed by atoms with van der Waals surface area (Å²) in [4.78, 5) is 11.5. The normalized spacial score (nSPS) is 21.4. The zero-order chi connectivity index (χ0) is 15.7. The Morgan fingerprint density at radius 2 is 2.41 bits per heavy atom. The zero-order valence-corrected chi connectivity index (χ0v) is 9.32. The van der Waals surface area contributed by atoms with Gasteiger partial charge in [0.15, 0.2) is 0 Å². The van der Waals surface area contributed by atoms with Crippen LogP contribution in [0.5, 0.6) is 5.75 Å². The number of fused-ring (bicyclic) bond motifs is 1. The van der Waals surface area contributed by atoms with Gasteiger partial charge in [-0.1, -0.05) is 6.07 Å². The van der Waals surface area contributed by atoms with Gasteiger partial charge in [0.2, 0.25) is 5.91 Å². The molecule has 1 aromatic carbocycles. The van der Waals surface area contributed by atoms with Crippen LogP contribution in [-0.4, -0.2) is 24.2 Å². The molecule has 1 heterocycles. The highest BCUT2D eigenvalue weighted by Crippen LogP contribution is 2.27. The van der Waals surface area contributed by atoms with E-state index in [-0.39, 0.29) is 25.4 Å². The number of carbonyl (C=O) groups excluding carboxylic acids is 1. The van der Waals surface area contributed by atoms with Gasteiger partial charge in [0.1, 0.15) is 5.75 Å². The van der Waals surface area contributed by atoms with E-state index in [1.54, 1.807) is 18.2 Å². The minimum absolute atomic E-state index is 0.0305. The molecule has 17 heavy (non-hydrogen) atoms. The molecule has 0 bridgehead atoms. The minimum atomic E-state index is -2.21. The van der Waals surface area contributed by atoms with Gasteiger partial charge >= 0.3 is 0 Å². The summed E-state index contributed by atoms with van der Waals surface area (Å²) in [6.07, 6.45) is -1.58. The lowest BCUT2D eigenvalue weighted by atomic mass is 10.0. The molecular formula is C13H17NO3. The second-order valence-electron chi connectivity index (χ2n) is 3.72. The number of hydrogen-bond donors (Lipinski definition) is 2. The molecule has 0 saturated carbocycles. The number of rotatable bonds is 5. The summed E-state index contributed by atoms with van der Waals surface area (Å²) in [6, 6.07) is 4.75. The van der Waals surface area contributed by atoms with Crippen molar-refractivity contribution in [2.45, 2.75) is 25.6 Å². The summed E-state index contributed by atoms with van der Waals surface area (Å²) in [5.74, 6) is 0.0865. The topological polar surface area (TPSA) is 58.6 Å². The largest absolute Gasteiger partial charge is 0.494 e. The van der Waals surface area contributed by atoms with E-state index < -0.39 is 12.9 Å². The van der Waals surface area contributed by atoms with E-state index in [0.717, 1.165) is 0 Å². The molecule has 2 rings (SSSR count). The fourth-order valence-electron chi connectivity index (χ4n) is 1.58. The lowest BCUT2D eigenvalue weighted by molar-refractivity contribution is -0.116. The van der Waals surface area contributed by atoms with Crippen LogP contribution >= 0.6 is 0 Å². The number of anilines is 1. The number of aryl methyl sites for hydroxylation is 1. The zero-order valence-electron chi connectivity index (χ0n) is 13.3. The second-order valence-corrected chi connectivity index (χ2v) is 3.72. The van der Waals surface area contributed by atoms with Crippen molar-refractivity contribution < 1.29 is 20.1 Å². The van der Waals surface area contributed by atoms with Crippen molar-refractivity contribution in [2.75, 3.05) is 18.5 Å². The predicted octanol–water partition coefficient (Wildman–Crippen LogP) is 1.72. The van der Waals surface area contributed by atoms with Crippen molar-refractivity contribution in [3.63, 3.8) is 0 Å². The Labute approximate surface area is 106 Å². The van der Waals surface area contributed by atoms with Gasteiger partial charge in [-0.05, 0) is 30.8 Å². The van der Waals surface area contributed by atoms with Gasteiger partial charge in [0.25, 0.3) is 0 Å². The SMILES string of the molecule is [2H]C([2H])(O)CCCOc1ccc2c(c1)NC(=O)CC2([2H])[2H]. The molecule has 0 radical (unpaired) electrons. The third-order valence-corrected chi connectivity index (χ3v) is 2.41. The molecule has 92 valence electrons. The molecule has 0 saturated heterocycles. The van der Waals surface area contributed by atoms with E-state index in [1.165, 1.54) is 0 Å². The first-order valence-corrected chi connectivity index (χ1v) is 5.47. The number of aliphatic hydroxyl groups is 1. The van der Waals surface area contributed by atoms with E-state index >= 15 is 0 Å². The Hall–Kier alpha value is -1.55. The van der Waals surface area contributed by atoms with Gasteiger partial charge in [-0.25, -0.2) is 0 Å². The van der Waals surface area contributed by atoms with Gasteiger partial charge in [-0.2, -0.15) is 0 Å². The minimum Gasteiger partial charge on any atom is -0.494 e. The van der Waals surface area contributed by atoms with Crippen LogP contribution in [0.4, 0.5) is 5.69 Å². The third-order valence-electron chi connectivity index (χ3n) is 2.41. The average molecular weight is 239 g/mol. The van der Waals surface area contributed by atoms with E-state index in [0.29, 0.717) is 23.4 Å². The summed E-state index contributed by atoms with van der Waals surface area (Å²) >= 11 is 0. The van der Waals surface area contributed by atoms with Crippen LogP contribution in [0.25, 0.3) is 0 Å². The van der Waals surface area contributed by atoms with Gasteiger partial charge in [0, 0.05) is 27.5 Å². The smallest absolute Gasteiger partial charge is 0.224 e. The maximum atomic E-state index is 11.5. The summed E-state index contributed by atoms with van der Waals surface area (Å²) in [5, 5.41) is 11.6. The molecule has 1 aliphatic rings. The van der Waals surface area contributed by atoms with Crippen LogP contribution < -0.4 is 10.1 Å². The maximum Gasteiger partial charge on any atom is 0.224 e. The van der Waals surface area contributed by atoms with Gasteiger partial charge in [0.05, 0.1) is 9.35 Å². The lowest BCUT2D eigenvalue weighted by Crippen LogP contribution is -2.18. The van der Waals surface area contributed by atoms with Crippen molar-refractivity contribution in [3.05, 3.63) is 23.8 Å². The molecule has 4 heteroatoms. The van der Waals surface area contributed by atoms with E-state index in [2.05, 4.69) is 5.32 Å². The summed E-state index contributed by atoms with van der Waals surface area (Å²) in [6.45, 7) is -1.98. The van der Waals surface area contributed by atoms with Crippen molar-refractivity contribution in [3.8, 4) is 5.75 Å². The highest BCUT2D eigenvalue weighted by Gasteiger charge is 2.14. The molecule has 1 aromatic rings. The summed E-state index contributed by atoms with van der Waals surface area (Å²) < 4.78 is 35.1. The van der Waals surface area contributed by atoms with Crippen molar-refractivity contribution >= 4 is 11.6 Å². The summed E-state index contributed by atoms with van der Waals surface area (Å²) in [7, 11) is 0. The van der Waals surface area contributed by atoms with Crippen molar-refractivity contribution in [1.29, 1.82) is 0 Å². The van der Waals surface area contributed by atoms with Crippen LogP contribution in [0, 0.1) is 0 Å². The molecular weight excluding hydrogens is 218 g/mol. The number of ether oxygens (including phenoxy) is 1. The monoisotopic (exact) mass is 239 g/mol. The maximum absolute atomic E-state index is 11.5. The Balaban J connectivity index is 2.01. The van der Waals surface area contributed by atoms with E-state index in [9.17, 15) is 4.79 Å². The van der Waals surface area contributed by atoms with Crippen LogP contribution in [0.3, 0.4) is 0 Å². The average Bonchev–Trinajstić information content (AvgIpc) is 2.31. The van der Waals surface area contributed by atoms with Gasteiger partial charge < -0.3 is 15.2 Å². The first-order valence-electron chi connectivity index (χ1n) is 7.47. The molecule has 0 atom stereocenters. The van der Waals surface area contributed by atoms with Gasteiger partial charge in [-0.15, -0.1) is 0 Å². The predicted molar refractivity (Wildman–Crippen MR) is 65.2 cm³/mol. The molecule has 0 aliphatic carbocycles. The lowest BCUT2D eigenvalue weighted by Gasteiger charge is -2.17. The van der Waals surface area contributed by atoms with Crippen LogP contribution in [0.15, 0.2) is 18.2 Å². The van der Waals surface area contributed by atoms with Crippen molar-refractivity contribution in [2.24, 2.45) is 0 Å². The number of hydrogen-bond acceptors (Lipinski definition) is 3. The number of carbonyl (C=O) groups is 1. The van der Waals surface area contributed by atoms with Crippen molar-refractivity contribution in [1.82, 2.24) is 0 Å². The number of benzene rings is 1.